The minimum atomic E-state index is 0.941. The number of rotatable bonds is 1. The third-order valence-corrected chi connectivity index (χ3v) is 4.54. The highest BCUT2D eigenvalue weighted by molar-refractivity contribution is 5.08. The van der Waals surface area contributed by atoms with Crippen molar-refractivity contribution < 1.29 is 0 Å². The molecule has 76 valence electrons. The lowest BCUT2D eigenvalue weighted by Gasteiger charge is -2.42. The molecule has 4 aliphatic rings. The topological polar surface area (TPSA) is 0 Å². The molecular weight excluding hydrogens is 168 g/mol. The van der Waals surface area contributed by atoms with E-state index in [9.17, 15) is 0 Å². The normalized spacial score (nSPS) is 45.7. The Morgan fingerprint density at radius 2 is 1.93 bits per heavy atom. The number of allylic oxidation sites excluding steroid dienone is 4. The van der Waals surface area contributed by atoms with E-state index in [1.165, 1.54) is 38.5 Å². The highest BCUT2D eigenvalue weighted by Crippen LogP contribution is 2.46. The first-order valence-electron chi connectivity index (χ1n) is 6.27. The van der Waals surface area contributed by atoms with Gasteiger partial charge in [-0.15, -0.1) is 0 Å². The molecule has 0 N–H and O–H groups in total. The van der Waals surface area contributed by atoms with E-state index >= 15 is 0 Å². The van der Waals surface area contributed by atoms with Crippen LogP contribution in [0.2, 0.25) is 0 Å². The van der Waals surface area contributed by atoms with Crippen LogP contribution in [0.4, 0.5) is 0 Å². The van der Waals surface area contributed by atoms with Crippen LogP contribution < -0.4 is 0 Å². The molecule has 4 aliphatic carbocycles. The molecule has 0 heterocycles. The predicted octanol–water partition coefficient (Wildman–Crippen LogP) is 3.95. The van der Waals surface area contributed by atoms with E-state index in [1.54, 1.807) is 0 Å². The summed E-state index contributed by atoms with van der Waals surface area (Å²) < 4.78 is 0. The van der Waals surface area contributed by atoms with Crippen LogP contribution in [0.1, 0.15) is 38.5 Å². The van der Waals surface area contributed by atoms with Crippen molar-refractivity contribution in [3.63, 3.8) is 0 Å². The highest BCUT2D eigenvalue weighted by atomic mass is 14.4. The molecule has 0 radical (unpaired) electrons. The molecule has 14 heavy (non-hydrogen) atoms. The van der Waals surface area contributed by atoms with Crippen molar-refractivity contribution in [1.82, 2.24) is 0 Å². The zero-order valence-electron chi connectivity index (χ0n) is 8.86. The largest absolute Gasteiger partial charge is 0.0885 e. The van der Waals surface area contributed by atoms with E-state index in [-0.39, 0.29) is 0 Å². The molecule has 4 unspecified atom stereocenters. The summed E-state index contributed by atoms with van der Waals surface area (Å²) in [5, 5.41) is 0. The molecule has 0 spiro atoms. The standard InChI is InChI=1S/C14H20/c1-2-4-12(5-3-1)14-10-11-6-8-13(14)9-7-11/h1-2,6,8,11-14H,3-5,7,9-10H2. The van der Waals surface area contributed by atoms with Crippen LogP contribution in [0, 0.1) is 23.7 Å². The molecule has 0 amide bonds. The molecule has 0 aromatic rings. The number of hydrogen-bond acceptors (Lipinski definition) is 0. The van der Waals surface area contributed by atoms with Crippen molar-refractivity contribution in [1.29, 1.82) is 0 Å². The second-order valence-corrected chi connectivity index (χ2v) is 5.33. The van der Waals surface area contributed by atoms with Crippen molar-refractivity contribution >= 4 is 0 Å². The van der Waals surface area contributed by atoms with Crippen molar-refractivity contribution in [2.45, 2.75) is 38.5 Å². The summed E-state index contributed by atoms with van der Waals surface area (Å²) >= 11 is 0. The fourth-order valence-corrected chi connectivity index (χ4v) is 3.72. The Hall–Kier alpha value is -0.520. The molecule has 0 aromatic heterocycles. The first-order valence-corrected chi connectivity index (χ1v) is 6.27. The van der Waals surface area contributed by atoms with Gasteiger partial charge in [0.25, 0.3) is 0 Å². The molecular formula is C14H20. The fraction of sp³-hybridized carbons (Fsp3) is 0.714. The van der Waals surface area contributed by atoms with Gasteiger partial charge in [0, 0.05) is 0 Å². The van der Waals surface area contributed by atoms with Crippen LogP contribution in [0.15, 0.2) is 24.3 Å². The molecule has 4 rings (SSSR count). The van der Waals surface area contributed by atoms with Gasteiger partial charge in [-0.25, -0.2) is 0 Å². The van der Waals surface area contributed by atoms with Crippen molar-refractivity contribution in [3.8, 4) is 0 Å². The van der Waals surface area contributed by atoms with E-state index in [1.807, 2.05) is 0 Å². The third kappa shape index (κ3) is 1.45. The van der Waals surface area contributed by atoms with E-state index < -0.39 is 0 Å². The summed E-state index contributed by atoms with van der Waals surface area (Å²) in [5.41, 5.74) is 0. The second-order valence-electron chi connectivity index (χ2n) is 5.33. The minimum Gasteiger partial charge on any atom is -0.0885 e. The molecule has 0 saturated heterocycles. The molecule has 0 aromatic carbocycles. The lowest BCUT2D eigenvalue weighted by Crippen LogP contribution is -2.32. The van der Waals surface area contributed by atoms with Gasteiger partial charge in [0.15, 0.2) is 0 Å². The summed E-state index contributed by atoms with van der Waals surface area (Å²) in [4.78, 5) is 0. The summed E-state index contributed by atoms with van der Waals surface area (Å²) in [6, 6.07) is 0. The average molecular weight is 188 g/mol. The smallest absolute Gasteiger partial charge is 0.0202 e. The van der Waals surface area contributed by atoms with Crippen LogP contribution in [-0.2, 0) is 0 Å². The van der Waals surface area contributed by atoms with Gasteiger partial charge in [0.05, 0.1) is 0 Å². The van der Waals surface area contributed by atoms with E-state index in [0.29, 0.717) is 0 Å². The first-order chi connectivity index (χ1) is 6.93. The summed E-state index contributed by atoms with van der Waals surface area (Å²) in [6.07, 6.45) is 18.4. The molecule has 0 aliphatic heterocycles. The molecule has 2 bridgehead atoms. The van der Waals surface area contributed by atoms with Crippen LogP contribution in [0.25, 0.3) is 0 Å². The van der Waals surface area contributed by atoms with Crippen LogP contribution >= 0.6 is 0 Å². The molecule has 4 atom stereocenters. The van der Waals surface area contributed by atoms with Gasteiger partial charge in [-0.05, 0) is 62.2 Å². The Labute approximate surface area is 87.1 Å². The van der Waals surface area contributed by atoms with Crippen molar-refractivity contribution in [2.24, 2.45) is 23.7 Å². The SMILES string of the molecule is C1=CCC(C2CC3C=CC2CC3)CC1. The van der Waals surface area contributed by atoms with Gasteiger partial charge in [-0.2, -0.15) is 0 Å². The lowest BCUT2D eigenvalue weighted by molar-refractivity contribution is 0.143. The predicted molar refractivity (Wildman–Crippen MR) is 59.9 cm³/mol. The monoisotopic (exact) mass is 188 g/mol. The van der Waals surface area contributed by atoms with E-state index in [4.69, 9.17) is 0 Å². The number of fused-ring (bicyclic) bond motifs is 2. The van der Waals surface area contributed by atoms with Crippen molar-refractivity contribution in [3.05, 3.63) is 24.3 Å². The maximum atomic E-state index is 2.53. The molecule has 1 saturated carbocycles. The summed E-state index contributed by atoms with van der Waals surface area (Å²) in [5.74, 6) is 3.92. The Balaban J connectivity index is 1.73. The Kier molecular flexibility index (Phi) is 2.23. The van der Waals surface area contributed by atoms with Gasteiger partial charge in [0.2, 0.25) is 0 Å². The van der Waals surface area contributed by atoms with Gasteiger partial charge >= 0.3 is 0 Å². The third-order valence-electron chi connectivity index (χ3n) is 4.54. The summed E-state index contributed by atoms with van der Waals surface area (Å²) in [7, 11) is 0. The van der Waals surface area contributed by atoms with Crippen molar-refractivity contribution in [2.75, 3.05) is 0 Å². The molecule has 0 heteroatoms. The second kappa shape index (κ2) is 3.56. The van der Waals surface area contributed by atoms with Crippen LogP contribution in [-0.4, -0.2) is 0 Å². The Morgan fingerprint density at radius 3 is 2.50 bits per heavy atom. The van der Waals surface area contributed by atoms with E-state index in [2.05, 4.69) is 24.3 Å². The quantitative estimate of drug-likeness (QED) is 0.547. The zero-order valence-corrected chi connectivity index (χ0v) is 8.86. The molecule has 1 fully saturated rings. The molecule has 0 nitrogen and oxygen atoms in total. The van der Waals surface area contributed by atoms with Gasteiger partial charge in [0.1, 0.15) is 0 Å². The zero-order chi connectivity index (χ0) is 9.38. The number of hydrogen-bond donors (Lipinski definition) is 0. The Morgan fingerprint density at radius 1 is 0.929 bits per heavy atom. The fourth-order valence-electron chi connectivity index (χ4n) is 3.72. The van der Waals surface area contributed by atoms with Gasteiger partial charge in [-0.1, -0.05) is 24.3 Å². The first kappa shape index (κ1) is 8.76. The maximum absolute atomic E-state index is 2.53. The highest BCUT2D eigenvalue weighted by Gasteiger charge is 2.36. The minimum absolute atomic E-state index is 0.941. The Bertz CT molecular complexity index is 261. The van der Waals surface area contributed by atoms with Gasteiger partial charge in [-0.3, -0.25) is 0 Å². The average Bonchev–Trinajstić information content (AvgIpc) is 2.32. The maximum Gasteiger partial charge on any atom is -0.0202 e. The van der Waals surface area contributed by atoms with Crippen LogP contribution in [0.5, 0.6) is 0 Å². The van der Waals surface area contributed by atoms with Crippen LogP contribution in [0.3, 0.4) is 0 Å². The van der Waals surface area contributed by atoms with E-state index in [0.717, 1.165) is 23.7 Å². The van der Waals surface area contributed by atoms with Gasteiger partial charge < -0.3 is 0 Å². The lowest BCUT2D eigenvalue weighted by atomic mass is 9.63. The summed E-state index contributed by atoms with van der Waals surface area (Å²) in [6.45, 7) is 0.